The first-order valence-corrected chi connectivity index (χ1v) is 7.64. The Morgan fingerprint density at radius 3 is 3.00 bits per heavy atom. The molecular formula is C12H14FIN4O2. The third-order valence-corrected chi connectivity index (χ3v) is 4.53. The Balaban J connectivity index is 2.10. The van der Waals surface area contributed by atoms with Gasteiger partial charge in [0.05, 0.1) is 11.5 Å². The molecule has 0 bridgehead atoms. The molecule has 2 aromatic heterocycles. The number of aromatic nitrogens is 3. The van der Waals surface area contributed by atoms with Crippen molar-refractivity contribution < 1.29 is 14.2 Å². The van der Waals surface area contributed by atoms with Gasteiger partial charge in [0, 0.05) is 10.6 Å². The molecule has 0 saturated carbocycles. The van der Waals surface area contributed by atoms with Crippen LogP contribution >= 0.6 is 22.6 Å². The monoisotopic (exact) mass is 392 g/mol. The van der Waals surface area contributed by atoms with Crippen LogP contribution in [0.25, 0.3) is 11.0 Å². The van der Waals surface area contributed by atoms with Crippen LogP contribution in [0, 0.1) is 0 Å². The molecule has 6 nitrogen and oxygen atoms in total. The molecule has 0 radical (unpaired) electrons. The van der Waals surface area contributed by atoms with E-state index in [9.17, 15) is 9.50 Å². The molecule has 4 atom stereocenters. The number of halogens is 2. The minimum Gasteiger partial charge on any atom is -0.387 e. The quantitative estimate of drug-likeness (QED) is 0.597. The van der Waals surface area contributed by atoms with Crippen LogP contribution in [0.3, 0.4) is 0 Å². The van der Waals surface area contributed by atoms with Crippen molar-refractivity contribution >= 4 is 39.4 Å². The second-order valence-electron chi connectivity index (χ2n) is 5.00. The summed E-state index contributed by atoms with van der Waals surface area (Å²) in [6, 6.07) is 1.72. The zero-order valence-electron chi connectivity index (χ0n) is 10.7. The number of nitrogen functional groups attached to an aromatic ring is 1. The number of aliphatic hydroxyl groups is 1. The molecule has 1 aliphatic heterocycles. The average molecular weight is 392 g/mol. The maximum Gasteiger partial charge on any atom is 0.181 e. The number of hydrogen-bond donors (Lipinski definition) is 2. The fraction of sp³-hybridized carbons (Fsp3) is 0.500. The van der Waals surface area contributed by atoms with Crippen LogP contribution in [0.2, 0.25) is 0 Å². The number of aliphatic hydroxyl groups excluding tert-OH is 1. The number of nitrogens with zero attached hydrogens (tertiary/aromatic N) is 3. The van der Waals surface area contributed by atoms with E-state index in [0.29, 0.717) is 21.3 Å². The summed E-state index contributed by atoms with van der Waals surface area (Å²) in [6.45, 7) is 1.34. The van der Waals surface area contributed by atoms with Crippen molar-refractivity contribution in [2.24, 2.45) is 0 Å². The van der Waals surface area contributed by atoms with Gasteiger partial charge in [-0.25, -0.2) is 14.4 Å². The van der Waals surface area contributed by atoms with Gasteiger partial charge in [-0.1, -0.05) is 22.6 Å². The van der Waals surface area contributed by atoms with E-state index < -0.39 is 24.1 Å². The minimum absolute atomic E-state index is 0.332. The van der Waals surface area contributed by atoms with E-state index in [1.165, 1.54) is 13.3 Å². The minimum atomic E-state index is -1.90. The highest BCUT2D eigenvalue weighted by Crippen LogP contribution is 2.43. The molecule has 3 heterocycles. The van der Waals surface area contributed by atoms with Crippen LogP contribution < -0.4 is 5.73 Å². The summed E-state index contributed by atoms with van der Waals surface area (Å²) in [5, 5.41) is 10.7. The molecule has 1 saturated heterocycles. The van der Waals surface area contributed by atoms with Crippen LogP contribution in [0.1, 0.15) is 13.2 Å². The number of hydrogen-bond acceptors (Lipinski definition) is 5. The van der Waals surface area contributed by atoms with Crippen molar-refractivity contribution in [3.63, 3.8) is 0 Å². The van der Waals surface area contributed by atoms with Crippen molar-refractivity contribution in [2.45, 2.75) is 31.0 Å². The highest BCUT2D eigenvalue weighted by molar-refractivity contribution is 14.1. The second-order valence-corrected chi connectivity index (χ2v) is 5.88. The summed E-state index contributed by atoms with van der Waals surface area (Å²) in [5.41, 5.74) is 4.36. The summed E-state index contributed by atoms with van der Waals surface area (Å²) in [5.74, 6) is 0.332. The molecule has 20 heavy (non-hydrogen) atoms. The molecule has 108 valence electrons. The molecule has 3 N–H and O–H groups in total. The van der Waals surface area contributed by atoms with E-state index >= 15 is 0 Å². The Hall–Kier alpha value is -1.00. The Morgan fingerprint density at radius 2 is 2.35 bits per heavy atom. The molecule has 2 aromatic rings. The third-order valence-electron chi connectivity index (χ3n) is 3.66. The maximum absolute atomic E-state index is 14.8. The Labute approximate surface area is 128 Å². The van der Waals surface area contributed by atoms with E-state index in [-0.39, 0.29) is 0 Å². The average Bonchev–Trinajstić information content (AvgIpc) is 2.92. The van der Waals surface area contributed by atoms with Crippen molar-refractivity contribution in [3.8, 4) is 0 Å². The highest BCUT2D eigenvalue weighted by Gasteiger charge is 2.54. The van der Waals surface area contributed by atoms with Gasteiger partial charge in [-0.15, -0.1) is 0 Å². The fourth-order valence-corrected chi connectivity index (χ4v) is 3.21. The fourth-order valence-electron chi connectivity index (χ4n) is 2.52. The highest BCUT2D eigenvalue weighted by atomic mass is 127. The van der Waals surface area contributed by atoms with Gasteiger partial charge in [0.25, 0.3) is 0 Å². The Kier molecular flexibility index (Phi) is 3.33. The van der Waals surface area contributed by atoms with E-state index in [1.54, 1.807) is 16.8 Å². The lowest BCUT2D eigenvalue weighted by Gasteiger charge is -2.25. The zero-order valence-corrected chi connectivity index (χ0v) is 12.9. The van der Waals surface area contributed by atoms with Crippen LogP contribution in [-0.4, -0.2) is 41.9 Å². The largest absolute Gasteiger partial charge is 0.387 e. The second kappa shape index (κ2) is 4.78. The predicted octanol–water partition coefficient (Wildman–Crippen LogP) is 1.44. The molecule has 3 rings (SSSR count). The van der Waals surface area contributed by atoms with E-state index in [4.69, 9.17) is 10.5 Å². The van der Waals surface area contributed by atoms with Crippen LogP contribution in [-0.2, 0) is 4.74 Å². The van der Waals surface area contributed by atoms with Gasteiger partial charge >= 0.3 is 0 Å². The summed E-state index contributed by atoms with van der Waals surface area (Å²) in [7, 11) is 0. The van der Waals surface area contributed by atoms with Crippen LogP contribution in [0.15, 0.2) is 18.6 Å². The van der Waals surface area contributed by atoms with Gasteiger partial charge < -0.3 is 20.1 Å². The van der Waals surface area contributed by atoms with Crippen molar-refractivity contribution in [2.75, 3.05) is 10.2 Å². The predicted molar refractivity (Wildman–Crippen MR) is 80.3 cm³/mol. The summed E-state index contributed by atoms with van der Waals surface area (Å²) in [6.07, 6.45) is 0.308. The van der Waals surface area contributed by atoms with Gasteiger partial charge in [-0.3, -0.25) is 0 Å². The SMILES string of the molecule is CC1(F)C(O)[C@@H](CI)O[C@H]1n1ccc2c(N)ncnc21. The van der Waals surface area contributed by atoms with Gasteiger partial charge in [-0.05, 0) is 13.0 Å². The summed E-state index contributed by atoms with van der Waals surface area (Å²) in [4.78, 5) is 8.03. The topological polar surface area (TPSA) is 86.2 Å². The van der Waals surface area contributed by atoms with Gasteiger partial charge in [-0.2, -0.15) is 0 Å². The molecule has 8 heteroatoms. The smallest absolute Gasteiger partial charge is 0.181 e. The van der Waals surface area contributed by atoms with Crippen LogP contribution in [0.5, 0.6) is 0 Å². The number of nitrogens with two attached hydrogens (primary N) is 1. The molecule has 2 unspecified atom stereocenters. The lowest BCUT2D eigenvalue weighted by Crippen LogP contribution is -2.39. The Bertz CT molecular complexity index is 647. The lowest BCUT2D eigenvalue weighted by molar-refractivity contribution is -0.0410. The standard InChI is InChI=1S/C12H14FIN4O2/c1-12(13)8(19)7(4-14)20-11(12)18-3-2-6-9(15)16-5-17-10(6)18/h2-3,5,7-8,11,19H,4H2,1H3,(H2,15,16,17)/t7-,8?,11-,12?/m1/s1. The zero-order chi connectivity index (χ0) is 14.5. The van der Waals surface area contributed by atoms with Crippen LogP contribution in [0.4, 0.5) is 10.2 Å². The summed E-state index contributed by atoms with van der Waals surface area (Å²) >= 11 is 2.07. The first kappa shape index (κ1) is 14.0. The third kappa shape index (κ3) is 1.89. The molecule has 0 aromatic carbocycles. The number of ether oxygens (including phenoxy) is 1. The van der Waals surface area contributed by atoms with Gasteiger partial charge in [0.15, 0.2) is 11.9 Å². The first-order chi connectivity index (χ1) is 9.46. The maximum atomic E-state index is 14.8. The summed E-state index contributed by atoms with van der Waals surface area (Å²) < 4.78 is 22.5. The normalized spacial score (nSPS) is 33.9. The van der Waals surface area contributed by atoms with Crippen molar-refractivity contribution in [1.29, 1.82) is 0 Å². The van der Waals surface area contributed by atoms with E-state index in [0.717, 1.165) is 0 Å². The number of rotatable bonds is 2. The number of alkyl halides is 2. The molecule has 1 aliphatic rings. The van der Waals surface area contributed by atoms with Gasteiger partial charge in [0.1, 0.15) is 23.9 Å². The Morgan fingerprint density at radius 1 is 1.60 bits per heavy atom. The molecule has 0 spiro atoms. The lowest BCUT2D eigenvalue weighted by atomic mass is 9.99. The molecule has 1 fully saturated rings. The van der Waals surface area contributed by atoms with Crippen molar-refractivity contribution in [1.82, 2.24) is 14.5 Å². The molecular weight excluding hydrogens is 378 g/mol. The van der Waals surface area contributed by atoms with Gasteiger partial charge in [0.2, 0.25) is 0 Å². The molecule has 0 aliphatic carbocycles. The molecule has 0 amide bonds. The van der Waals surface area contributed by atoms with E-state index in [2.05, 4.69) is 32.6 Å². The van der Waals surface area contributed by atoms with E-state index in [1.807, 2.05) is 0 Å². The number of fused-ring (bicyclic) bond motifs is 1. The first-order valence-electron chi connectivity index (χ1n) is 6.12. The number of anilines is 1. The van der Waals surface area contributed by atoms with Crippen molar-refractivity contribution in [3.05, 3.63) is 18.6 Å².